The Bertz CT molecular complexity index is 272. The average molecular weight is 222 g/mol. The van der Waals surface area contributed by atoms with Gasteiger partial charge >= 0.3 is 6.03 Å². The zero-order valence-corrected chi connectivity index (χ0v) is 9.65. The number of nitrogens with one attached hydrogen (secondary N) is 2. The fourth-order valence-electron chi connectivity index (χ4n) is 0.778. The van der Waals surface area contributed by atoms with E-state index in [0.29, 0.717) is 0 Å². The molecule has 0 radical (unpaired) electrons. The molecule has 84 valence electrons. The quantitative estimate of drug-likeness (QED) is 0.694. The fraction of sp³-hybridized carbons (Fsp3) is 0.875. The van der Waals surface area contributed by atoms with Crippen molar-refractivity contribution < 1.29 is 13.2 Å². The number of carbonyl (C=O) groups excluding carboxylic acids is 1. The van der Waals surface area contributed by atoms with E-state index in [9.17, 15) is 13.2 Å². The molecule has 0 heterocycles. The number of hydrogen-bond donors (Lipinski definition) is 2. The van der Waals surface area contributed by atoms with Crippen molar-refractivity contribution in [3.63, 3.8) is 0 Å². The Morgan fingerprint density at radius 2 is 1.93 bits per heavy atom. The number of hydrogen-bond acceptors (Lipinski definition) is 3. The van der Waals surface area contributed by atoms with Gasteiger partial charge in [-0.25, -0.2) is 13.2 Å². The Kier molecular flexibility index (Phi) is 5.52. The van der Waals surface area contributed by atoms with Crippen LogP contribution in [0.4, 0.5) is 4.79 Å². The minimum Gasteiger partial charge on any atom is -0.337 e. The van der Waals surface area contributed by atoms with E-state index in [0.717, 1.165) is 0 Å². The second-order valence-corrected chi connectivity index (χ2v) is 5.76. The molecule has 0 aliphatic carbocycles. The van der Waals surface area contributed by atoms with E-state index in [2.05, 4.69) is 10.6 Å². The molecule has 0 aromatic heterocycles. The molecule has 2 amide bonds. The molecule has 0 saturated heterocycles. The van der Waals surface area contributed by atoms with Crippen LogP contribution >= 0.6 is 0 Å². The third-order valence-corrected chi connectivity index (χ3v) is 3.26. The monoisotopic (exact) mass is 222 g/mol. The van der Waals surface area contributed by atoms with Gasteiger partial charge in [0.1, 0.15) is 0 Å². The van der Waals surface area contributed by atoms with Gasteiger partial charge in [0, 0.05) is 18.3 Å². The predicted molar refractivity (Wildman–Crippen MR) is 56.0 cm³/mol. The van der Waals surface area contributed by atoms with Crippen molar-refractivity contribution >= 4 is 15.9 Å². The van der Waals surface area contributed by atoms with E-state index in [4.69, 9.17) is 0 Å². The summed E-state index contributed by atoms with van der Waals surface area (Å²) in [6, 6.07) is -0.274. The van der Waals surface area contributed by atoms with Crippen LogP contribution in [-0.2, 0) is 9.84 Å². The van der Waals surface area contributed by atoms with Crippen LogP contribution in [0.5, 0.6) is 0 Å². The molecule has 0 atom stereocenters. The SMILES string of the molecule is CCS(=O)(=O)CCNC(=O)NC(C)C. The third-order valence-electron chi connectivity index (χ3n) is 1.56. The van der Waals surface area contributed by atoms with Crippen LogP contribution in [0.25, 0.3) is 0 Å². The van der Waals surface area contributed by atoms with Gasteiger partial charge in [-0.3, -0.25) is 0 Å². The molecule has 0 aromatic rings. The molecular formula is C8H18N2O3S. The van der Waals surface area contributed by atoms with Crippen LogP contribution in [-0.4, -0.2) is 38.5 Å². The molecule has 0 rings (SSSR count). The molecule has 2 N–H and O–H groups in total. The summed E-state index contributed by atoms with van der Waals surface area (Å²) in [6.07, 6.45) is 0. The highest BCUT2D eigenvalue weighted by Crippen LogP contribution is 1.86. The normalized spacial score (nSPS) is 11.4. The van der Waals surface area contributed by atoms with E-state index in [1.165, 1.54) is 0 Å². The van der Waals surface area contributed by atoms with Crippen LogP contribution in [0.15, 0.2) is 0 Å². The van der Waals surface area contributed by atoms with E-state index in [-0.39, 0.29) is 30.1 Å². The third kappa shape index (κ3) is 6.71. The Morgan fingerprint density at radius 3 is 2.36 bits per heavy atom. The van der Waals surface area contributed by atoms with Gasteiger partial charge in [-0.15, -0.1) is 0 Å². The van der Waals surface area contributed by atoms with Gasteiger partial charge in [0.2, 0.25) is 0 Å². The maximum absolute atomic E-state index is 11.0. The second kappa shape index (κ2) is 5.85. The Hall–Kier alpha value is -0.780. The zero-order chi connectivity index (χ0) is 11.2. The van der Waals surface area contributed by atoms with Crippen molar-refractivity contribution in [3.05, 3.63) is 0 Å². The summed E-state index contributed by atoms with van der Waals surface area (Å²) in [5.74, 6) is 0.107. The molecule has 14 heavy (non-hydrogen) atoms. The highest BCUT2D eigenvalue weighted by molar-refractivity contribution is 7.91. The van der Waals surface area contributed by atoms with Gasteiger partial charge < -0.3 is 10.6 Å². The first-order chi connectivity index (χ1) is 6.37. The standard InChI is InChI=1S/C8H18N2O3S/c1-4-14(12,13)6-5-9-8(11)10-7(2)3/h7H,4-6H2,1-3H3,(H2,9,10,11). The van der Waals surface area contributed by atoms with Crippen LogP contribution in [0.1, 0.15) is 20.8 Å². The summed E-state index contributed by atoms with van der Waals surface area (Å²) < 4.78 is 22.1. The molecule has 0 unspecified atom stereocenters. The van der Waals surface area contributed by atoms with Crippen molar-refractivity contribution in [2.45, 2.75) is 26.8 Å². The van der Waals surface area contributed by atoms with Crippen molar-refractivity contribution in [3.8, 4) is 0 Å². The zero-order valence-electron chi connectivity index (χ0n) is 8.83. The second-order valence-electron chi connectivity index (χ2n) is 3.29. The van der Waals surface area contributed by atoms with Crippen LogP contribution < -0.4 is 10.6 Å². The first kappa shape index (κ1) is 13.2. The van der Waals surface area contributed by atoms with Gasteiger partial charge in [-0.05, 0) is 13.8 Å². The first-order valence-electron chi connectivity index (χ1n) is 4.62. The number of amides is 2. The Morgan fingerprint density at radius 1 is 1.36 bits per heavy atom. The molecule has 0 aliphatic rings. The number of sulfone groups is 1. The lowest BCUT2D eigenvalue weighted by Crippen LogP contribution is -2.41. The maximum atomic E-state index is 11.0. The lowest BCUT2D eigenvalue weighted by molar-refractivity contribution is 0.239. The molecule has 0 bridgehead atoms. The lowest BCUT2D eigenvalue weighted by atomic mass is 10.4. The number of urea groups is 1. The highest BCUT2D eigenvalue weighted by atomic mass is 32.2. The molecular weight excluding hydrogens is 204 g/mol. The number of rotatable bonds is 5. The summed E-state index contributed by atoms with van der Waals surface area (Å²) in [4.78, 5) is 11.0. The lowest BCUT2D eigenvalue weighted by Gasteiger charge is -2.09. The largest absolute Gasteiger partial charge is 0.337 e. The summed E-state index contributed by atoms with van der Waals surface area (Å²) in [7, 11) is -2.99. The van der Waals surface area contributed by atoms with Crippen molar-refractivity contribution in [1.29, 1.82) is 0 Å². The van der Waals surface area contributed by atoms with Crippen LogP contribution in [0.3, 0.4) is 0 Å². The summed E-state index contributed by atoms with van der Waals surface area (Å²) in [6.45, 7) is 5.42. The smallest absolute Gasteiger partial charge is 0.315 e. The summed E-state index contributed by atoms with van der Waals surface area (Å²) >= 11 is 0. The molecule has 6 heteroatoms. The topological polar surface area (TPSA) is 75.3 Å². The van der Waals surface area contributed by atoms with E-state index < -0.39 is 9.84 Å². The number of carbonyl (C=O) groups is 1. The summed E-state index contributed by atoms with van der Waals surface area (Å²) in [5.41, 5.74) is 0. The maximum Gasteiger partial charge on any atom is 0.315 e. The van der Waals surface area contributed by atoms with Gasteiger partial charge in [-0.2, -0.15) is 0 Å². The van der Waals surface area contributed by atoms with Gasteiger partial charge in [0.25, 0.3) is 0 Å². The molecule has 0 aromatic carbocycles. The molecule has 0 saturated carbocycles. The van der Waals surface area contributed by atoms with Crippen LogP contribution in [0, 0.1) is 0 Å². The minimum atomic E-state index is -2.99. The molecule has 5 nitrogen and oxygen atoms in total. The summed E-state index contributed by atoms with van der Waals surface area (Å²) in [5, 5.41) is 5.08. The molecule has 0 fully saturated rings. The molecule has 0 aliphatic heterocycles. The van der Waals surface area contributed by atoms with Gasteiger partial charge in [0.05, 0.1) is 5.75 Å². The first-order valence-corrected chi connectivity index (χ1v) is 6.44. The van der Waals surface area contributed by atoms with E-state index in [1.807, 2.05) is 13.8 Å². The van der Waals surface area contributed by atoms with Crippen molar-refractivity contribution in [2.24, 2.45) is 0 Å². The molecule has 0 spiro atoms. The van der Waals surface area contributed by atoms with E-state index in [1.54, 1.807) is 6.92 Å². The fourth-order valence-corrected chi connectivity index (χ4v) is 1.48. The van der Waals surface area contributed by atoms with Gasteiger partial charge in [-0.1, -0.05) is 6.92 Å². The Labute approximate surface area is 85.2 Å². The van der Waals surface area contributed by atoms with Gasteiger partial charge in [0.15, 0.2) is 9.84 Å². The average Bonchev–Trinajstić information content (AvgIpc) is 2.02. The predicted octanol–water partition coefficient (Wildman–Crippen LogP) is 0.129. The van der Waals surface area contributed by atoms with Crippen molar-refractivity contribution in [2.75, 3.05) is 18.1 Å². The Balaban J connectivity index is 3.70. The van der Waals surface area contributed by atoms with Crippen LogP contribution in [0.2, 0.25) is 0 Å². The van der Waals surface area contributed by atoms with E-state index >= 15 is 0 Å². The van der Waals surface area contributed by atoms with Crippen molar-refractivity contribution in [1.82, 2.24) is 10.6 Å². The highest BCUT2D eigenvalue weighted by Gasteiger charge is 2.08. The minimum absolute atomic E-state index is 0.00495.